The number of amidine groups is 1. The van der Waals surface area contributed by atoms with Crippen molar-refractivity contribution in [2.45, 2.75) is 19.4 Å². The molecular formula is C23H21ClN2O. The number of aryl methyl sites for hydroxylation is 1. The molecule has 3 aromatic rings. The molecule has 1 aliphatic heterocycles. The summed E-state index contributed by atoms with van der Waals surface area (Å²) in [5.41, 5.74) is 4.55. The number of hydrogen-bond donors (Lipinski definition) is 0. The highest BCUT2D eigenvalue weighted by Crippen LogP contribution is 2.41. The van der Waals surface area contributed by atoms with E-state index < -0.39 is 0 Å². The molecule has 4 heteroatoms. The third-order valence-electron chi connectivity index (χ3n) is 4.86. The van der Waals surface area contributed by atoms with Crippen LogP contribution in [0.2, 0.25) is 5.02 Å². The summed E-state index contributed by atoms with van der Waals surface area (Å²) >= 11 is 6.06. The molecule has 1 saturated heterocycles. The summed E-state index contributed by atoms with van der Waals surface area (Å²) < 4.78 is 5.30. The van der Waals surface area contributed by atoms with Gasteiger partial charge in [0.05, 0.1) is 18.8 Å². The van der Waals surface area contributed by atoms with Gasteiger partial charge in [-0.3, -0.25) is 0 Å². The minimum atomic E-state index is 0.250. The fourth-order valence-electron chi connectivity index (χ4n) is 3.32. The topological polar surface area (TPSA) is 24.8 Å². The van der Waals surface area contributed by atoms with E-state index in [9.17, 15) is 0 Å². The fraction of sp³-hybridized carbons (Fsp3) is 0.174. The van der Waals surface area contributed by atoms with Crippen LogP contribution in [0.15, 0.2) is 77.8 Å². The number of nitrogens with zero attached hydrogens (tertiary/aromatic N) is 2. The lowest BCUT2D eigenvalue weighted by molar-refractivity contribution is 0.415. The summed E-state index contributed by atoms with van der Waals surface area (Å²) in [6, 6.07) is 24.7. The van der Waals surface area contributed by atoms with Gasteiger partial charge in [-0.1, -0.05) is 41.4 Å². The van der Waals surface area contributed by atoms with E-state index in [2.05, 4.69) is 60.4 Å². The molecule has 1 aliphatic rings. The number of rotatable bonds is 4. The first kappa shape index (κ1) is 17.6. The lowest BCUT2D eigenvalue weighted by Crippen LogP contribution is -2.46. The molecule has 136 valence electrons. The van der Waals surface area contributed by atoms with E-state index in [0.29, 0.717) is 0 Å². The first-order valence-corrected chi connectivity index (χ1v) is 9.35. The van der Waals surface area contributed by atoms with E-state index in [-0.39, 0.29) is 6.04 Å². The van der Waals surface area contributed by atoms with Gasteiger partial charge in [-0.2, -0.15) is 0 Å². The lowest BCUT2D eigenvalue weighted by Gasteiger charge is -2.44. The molecule has 1 atom stereocenters. The SMILES string of the molecule is COc1ccc(N2C(=Nc3ccc(C)cc3)CC2c2ccc(Cl)cc2)cc1. The Hall–Kier alpha value is -2.78. The number of benzene rings is 3. The molecule has 1 heterocycles. The van der Waals surface area contributed by atoms with Gasteiger partial charge in [-0.25, -0.2) is 4.99 Å². The van der Waals surface area contributed by atoms with Crippen LogP contribution in [-0.2, 0) is 0 Å². The van der Waals surface area contributed by atoms with Gasteiger partial charge in [-0.05, 0) is 61.0 Å². The second-order valence-corrected chi connectivity index (χ2v) is 7.14. The maximum absolute atomic E-state index is 6.06. The van der Waals surface area contributed by atoms with E-state index in [4.69, 9.17) is 21.3 Å². The molecule has 3 aromatic carbocycles. The average Bonchev–Trinajstić information content (AvgIpc) is 2.68. The van der Waals surface area contributed by atoms with Crippen LogP contribution in [0.1, 0.15) is 23.6 Å². The summed E-state index contributed by atoms with van der Waals surface area (Å²) in [5, 5.41) is 0.752. The Bertz CT molecular complexity index is 947. The van der Waals surface area contributed by atoms with Crippen LogP contribution in [0.3, 0.4) is 0 Å². The predicted molar refractivity (Wildman–Crippen MR) is 113 cm³/mol. The maximum atomic E-state index is 6.06. The molecule has 0 bridgehead atoms. The molecule has 3 nitrogen and oxygen atoms in total. The van der Waals surface area contributed by atoms with Gasteiger partial charge in [0.1, 0.15) is 11.6 Å². The summed E-state index contributed by atoms with van der Waals surface area (Å²) in [5.74, 6) is 1.91. The van der Waals surface area contributed by atoms with Gasteiger partial charge < -0.3 is 9.64 Å². The van der Waals surface area contributed by atoms with Crippen LogP contribution in [0.25, 0.3) is 0 Å². The first-order valence-electron chi connectivity index (χ1n) is 8.97. The standard InChI is InChI=1S/C23H21ClN2O/c1-16-3-9-19(10-4-16)25-23-15-22(17-5-7-18(24)8-6-17)26(23)20-11-13-21(27-2)14-12-20/h3-14,22H,15H2,1-2H3. The van der Waals surface area contributed by atoms with Crippen LogP contribution in [-0.4, -0.2) is 12.9 Å². The first-order chi connectivity index (χ1) is 13.1. The minimum absolute atomic E-state index is 0.250. The zero-order valence-corrected chi connectivity index (χ0v) is 16.1. The molecule has 0 saturated carbocycles. The number of halogens is 1. The quantitative estimate of drug-likeness (QED) is 0.530. The van der Waals surface area contributed by atoms with Crippen LogP contribution in [0.5, 0.6) is 5.75 Å². The number of ether oxygens (including phenoxy) is 1. The van der Waals surface area contributed by atoms with Gasteiger partial charge >= 0.3 is 0 Å². The molecule has 27 heavy (non-hydrogen) atoms. The largest absolute Gasteiger partial charge is 0.497 e. The Labute approximate surface area is 164 Å². The Morgan fingerprint density at radius 3 is 2.22 bits per heavy atom. The molecule has 4 rings (SSSR count). The van der Waals surface area contributed by atoms with Gasteiger partial charge in [0.2, 0.25) is 0 Å². The fourth-order valence-corrected chi connectivity index (χ4v) is 3.45. The highest BCUT2D eigenvalue weighted by atomic mass is 35.5. The number of anilines is 1. The molecule has 1 unspecified atom stereocenters. The van der Waals surface area contributed by atoms with Crippen molar-refractivity contribution in [3.63, 3.8) is 0 Å². The molecular weight excluding hydrogens is 356 g/mol. The maximum Gasteiger partial charge on any atom is 0.119 e. The normalized spacial score (nSPS) is 17.7. The van der Waals surface area contributed by atoms with Crippen molar-refractivity contribution >= 4 is 28.8 Å². The Kier molecular flexibility index (Phi) is 4.87. The highest BCUT2D eigenvalue weighted by Gasteiger charge is 2.36. The third-order valence-corrected chi connectivity index (χ3v) is 5.12. The number of aliphatic imine (C=N–C) groups is 1. The molecule has 0 aliphatic carbocycles. The molecule has 0 amide bonds. The van der Waals surface area contributed by atoms with E-state index in [1.54, 1.807) is 7.11 Å². The smallest absolute Gasteiger partial charge is 0.119 e. The average molecular weight is 377 g/mol. The van der Waals surface area contributed by atoms with Crippen molar-refractivity contribution in [1.82, 2.24) is 0 Å². The summed E-state index contributed by atoms with van der Waals surface area (Å²) in [7, 11) is 1.68. The van der Waals surface area contributed by atoms with Gasteiger partial charge in [0, 0.05) is 17.1 Å². The Balaban J connectivity index is 1.69. The second kappa shape index (κ2) is 7.45. The Morgan fingerprint density at radius 2 is 1.59 bits per heavy atom. The van der Waals surface area contributed by atoms with Crippen molar-refractivity contribution in [2.24, 2.45) is 4.99 Å². The zero-order chi connectivity index (χ0) is 18.8. The van der Waals surface area contributed by atoms with Crippen molar-refractivity contribution in [3.8, 4) is 5.75 Å². The molecule has 0 spiro atoms. The van der Waals surface area contributed by atoms with Crippen LogP contribution < -0.4 is 9.64 Å². The van der Waals surface area contributed by atoms with Gasteiger partial charge in [-0.15, -0.1) is 0 Å². The van der Waals surface area contributed by atoms with E-state index in [1.807, 2.05) is 24.3 Å². The predicted octanol–water partition coefficient (Wildman–Crippen LogP) is 6.34. The van der Waals surface area contributed by atoms with Crippen LogP contribution >= 0.6 is 11.6 Å². The summed E-state index contributed by atoms with van der Waals surface area (Å²) in [4.78, 5) is 7.16. The van der Waals surface area contributed by atoms with Crippen LogP contribution in [0.4, 0.5) is 11.4 Å². The Morgan fingerprint density at radius 1 is 0.926 bits per heavy atom. The summed E-state index contributed by atoms with van der Waals surface area (Å²) in [6.07, 6.45) is 0.890. The van der Waals surface area contributed by atoms with Crippen LogP contribution in [0, 0.1) is 6.92 Å². The minimum Gasteiger partial charge on any atom is -0.497 e. The zero-order valence-electron chi connectivity index (χ0n) is 15.4. The molecule has 0 N–H and O–H groups in total. The monoisotopic (exact) mass is 376 g/mol. The van der Waals surface area contributed by atoms with Gasteiger partial charge in [0.15, 0.2) is 0 Å². The van der Waals surface area contributed by atoms with E-state index >= 15 is 0 Å². The number of hydrogen-bond acceptors (Lipinski definition) is 2. The van der Waals surface area contributed by atoms with Crippen molar-refractivity contribution in [3.05, 3.63) is 88.9 Å². The lowest BCUT2D eigenvalue weighted by atomic mass is 9.92. The highest BCUT2D eigenvalue weighted by molar-refractivity contribution is 6.30. The van der Waals surface area contributed by atoms with Gasteiger partial charge in [0.25, 0.3) is 0 Å². The summed E-state index contributed by atoms with van der Waals surface area (Å²) in [6.45, 7) is 2.08. The second-order valence-electron chi connectivity index (χ2n) is 6.70. The third kappa shape index (κ3) is 3.69. The van der Waals surface area contributed by atoms with E-state index in [0.717, 1.165) is 34.4 Å². The van der Waals surface area contributed by atoms with Crippen molar-refractivity contribution < 1.29 is 4.74 Å². The molecule has 1 fully saturated rings. The molecule has 0 aromatic heterocycles. The number of methoxy groups -OCH3 is 1. The van der Waals surface area contributed by atoms with Crippen molar-refractivity contribution in [1.29, 1.82) is 0 Å². The molecule has 0 radical (unpaired) electrons. The van der Waals surface area contributed by atoms with E-state index in [1.165, 1.54) is 11.1 Å². The van der Waals surface area contributed by atoms with Crippen molar-refractivity contribution in [2.75, 3.05) is 12.0 Å².